The molecule has 0 amide bonds. The summed E-state index contributed by atoms with van der Waals surface area (Å²) < 4.78 is 0. The van der Waals surface area contributed by atoms with E-state index >= 15 is 0 Å². The second-order valence-electron chi connectivity index (χ2n) is 3.52. The van der Waals surface area contributed by atoms with Crippen LogP contribution in [0.1, 0.15) is 47.0 Å². The molecule has 0 spiro atoms. The number of Topliss-reactive ketones (excluding diaryl/α,β-unsaturated/α-hetero) is 1. The SMILES string of the molecule is CCCC(=O)C(=CNC(C)C)CC. The van der Waals surface area contributed by atoms with Crippen molar-refractivity contribution in [3.05, 3.63) is 11.8 Å². The monoisotopic (exact) mass is 183 g/mol. The smallest absolute Gasteiger partial charge is 0.160 e. The van der Waals surface area contributed by atoms with Gasteiger partial charge in [0.2, 0.25) is 0 Å². The minimum absolute atomic E-state index is 0.276. The van der Waals surface area contributed by atoms with Crippen LogP contribution in [-0.4, -0.2) is 11.8 Å². The van der Waals surface area contributed by atoms with Gasteiger partial charge in [-0.25, -0.2) is 0 Å². The molecule has 0 aromatic carbocycles. The van der Waals surface area contributed by atoms with E-state index < -0.39 is 0 Å². The van der Waals surface area contributed by atoms with Crippen LogP contribution in [0.3, 0.4) is 0 Å². The zero-order chi connectivity index (χ0) is 10.3. The third-order valence-electron chi connectivity index (χ3n) is 1.81. The lowest BCUT2D eigenvalue weighted by molar-refractivity contribution is -0.115. The molecule has 0 saturated carbocycles. The number of carbonyl (C=O) groups excluding carboxylic acids is 1. The Kier molecular flexibility index (Phi) is 6.29. The molecular weight excluding hydrogens is 162 g/mol. The molecule has 2 heteroatoms. The molecule has 0 rings (SSSR count). The average Bonchev–Trinajstić information content (AvgIpc) is 2.05. The van der Waals surface area contributed by atoms with Crippen molar-refractivity contribution in [3.63, 3.8) is 0 Å². The molecule has 0 atom stereocenters. The highest BCUT2D eigenvalue weighted by molar-refractivity contribution is 5.95. The van der Waals surface area contributed by atoms with Gasteiger partial charge in [-0.1, -0.05) is 13.8 Å². The summed E-state index contributed by atoms with van der Waals surface area (Å²) in [4.78, 5) is 11.5. The molecular formula is C11H21NO. The molecule has 0 unspecified atom stereocenters. The van der Waals surface area contributed by atoms with Crippen LogP contribution in [0.5, 0.6) is 0 Å². The maximum Gasteiger partial charge on any atom is 0.160 e. The first-order chi connectivity index (χ1) is 6.11. The number of ketones is 1. The minimum atomic E-state index is 0.276. The van der Waals surface area contributed by atoms with Crippen LogP contribution in [0, 0.1) is 0 Å². The third kappa shape index (κ3) is 5.45. The topological polar surface area (TPSA) is 29.1 Å². The predicted molar refractivity (Wildman–Crippen MR) is 56.6 cm³/mol. The zero-order valence-corrected chi connectivity index (χ0v) is 9.18. The molecule has 0 aliphatic heterocycles. The first kappa shape index (κ1) is 12.2. The standard InChI is InChI=1S/C11H21NO/c1-5-7-11(13)10(6-2)8-12-9(3)4/h8-9,12H,5-7H2,1-4H3. The van der Waals surface area contributed by atoms with Crippen LogP contribution in [0.2, 0.25) is 0 Å². The van der Waals surface area contributed by atoms with Crippen LogP contribution < -0.4 is 5.32 Å². The number of nitrogens with one attached hydrogen (secondary N) is 1. The Bertz CT molecular complexity index is 183. The highest BCUT2D eigenvalue weighted by Crippen LogP contribution is 2.05. The van der Waals surface area contributed by atoms with E-state index in [1.807, 2.05) is 20.0 Å². The second kappa shape index (κ2) is 6.70. The Balaban J connectivity index is 4.14. The number of hydrogen-bond acceptors (Lipinski definition) is 2. The Morgan fingerprint density at radius 2 is 2.00 bits per heavy atom. The molecule has 2 nitrogen and oxygen atoms in total. The molecule has 13 heavy (non-hydrogen) atoms. The lowest BCUT2D eigenvalue weighted by Crippen LogP contribution is -2.18. The van der Waals surface area contributed by atoms with Gasteiger partial charge >= 0.3 is 0 Å². The summed E-state index contributed by atoms with van der Waals surface area (Å²) in [7, 11) is 0. The molecule has 0 heterocycles. The summed E-state index contributed by atoms with van der Waals surface area (Å²) >= 11 is 0. The summed E-state index contributed by atoms with van der Waals surface area (Å²) in [5.41, 5.74) is 0.913. The Morgan fingerprint density at radius 3 is 2.38 bits per heavy atom. The number of allylic oxidation sites excluding steroid dienone is 1. The predicted octanol–water partition coefficient (Wildman–Crippen LogP) is 2.65. The van der Waals surface area contributed by atoms with Gasteiger partial charge in [0.05, 0.1) is 0 Å². The van der Waals surface area contributed by atoms with Gasteiger partial charge in [-0.05, 0) is 26.7 Å². The maximum absolute atomic E-state index is 11.5. The van der Waals surface area contributed by atoms with Gasteiger partial charge < -0.3 is 5.32 Å². The van der Waals surface area contributed by atoms with Crippen molar-refractivity contribution in [2.75, 3.05) is 0 Å². The summed E-state index contributed by atoms with van der Waals surface area (Å²) in [5, 5.41) is 3.15. The van der Waals surface area contributed by atoms with E-state index in [1.165, 1.54) is 0 Å². The van der Waals surface area contributed by atoms with Crippen molar-refractivity contribution < 1.29 is 4.79 Å². The fourth-order valence-electron chi connectivity index (χ4n) is 1.03. The van der Waals surface area contributed by atoms with E-state index in [4.69, 9.17) is 0 Å². The molecule has 0 aromatic heterocycles. The van der Waals surface area contributed by atoms with Crippen LogP contribution in [0.15, 0.2) is 11.8 Å². The largest absolute Gasteiger partial charge is 0.388 e. The number of carbonyl (C=O) groups is 1. The van der Waals surface area contributed by atoms with Gasteiger partial charge in [0, 0.05) is 24.2 Å². The van der Waals surface area contributed by atoms with Crippen LogP contribution in [0.4, 0.5) is 0 Å². The molecule has 0 radical (unpaired) electrons. The van der Waals surface area contributed by atoms with Crippen molar-refractivity contribution in [2.45, 2.75) is 53.0 Å². The Hall–Kier alpha value is -0.790. The van der Waals surface area contributed by atoms with Crippen molar-refractivity contribution in [1.82, 2.24) is 5.32 Å². The first-order valence-electron chi connectivity index (χ1n) is 5.10. The Morgan fingerprint density at radius 1 is 1.38 bits per heavy atom. The summed E-state index contributed by atoms with van der Waals surface area (Å²) in [6.45, 7) is 8.17. The van der Waals surface area contributed by atoms with Crippen molar-refractivity contribution in [3.8, 4) is 0 Å². The molecule has 0 aliphatic rings. The van der Waals surface area contributed by atoms with Gasteiger partial charge in [-0.15, -0.1) is 0 Å². The van der Waals surface area contributed by atoms with E-state index in [1.54, 1.807) is 0 Å². The van der Waals surface area contributed by atoms with E-state index in [2.05, 4.69) is 19.2 Å². The van der Waals surface area contributed by atoms with E-state index in [-0.39, 0.29) is 5.78 Å². The molecule has 1 N–H and O–H groups in total. The van der Waals surface area contributed by atoms with E-state index in [9.17, 15) is 4.79 Å². The normalized spacial score (nSPS) is 11.9. The molecule has 76 valence electrons. The van der Waals surface area contributed by atoms with Gasteiger partial charge in [0.1, 0.15) is 0 Å². The second-order valence-corrected chi connectivity index (χ2v) is 3.52. The number of rotatable bonds is 6. The summed E-state index contributed by atoms with van der Waals surface area (Å²) in [6.07, 6.45) is 4.28. The summed E-state index contributed by atoms with van der Waals surface area (Å²) in [5.74, 6) is 0.276. The quantitative estimate of drug-likeness (QED) is 0.641. The first-order valence-corrected chi connectivity index (χ1v) is 5.10. The fraction of sp³-hybridized carbons (Fsp3) is 0.727. The lowest BCUT2D eigenvalue weighted by Gasteiger charge is -2.07. The number of hydrogen-bond donors (Lipinski definition) is 1. The zero-order valence-electron chi connectivity index (χ0n) is 9.18. The summed E-state index contributed by atoms with van der Waals surface area (Å²) in [6, 6.07) is 0.399. The van der Waals surface area contributed by atoms with E-state index in [0.717, 1.165) is 18.4 Å². The van der Waals surface area contributed by atoms with Gasteiger partial charge in [0.15, 0.2) is 5.78 Å². The molecule has 0 bridgehead atoms. The average molecular weight is 183 g/mol. The van der Waals surface area contributed by atoms with Crippen LogP contribution in [-0.2, 0) is 4.79 Å². The molecule has 0 fully saturated rings. The fourth-order valence-corrected chi connectivity index (χ4v) is 1.03. The highest BCUT2D eigenvalue weighted by Gasteiger charge is 2.05. The molecule has 0 aliphatic carbocycles. The lowest BCUT2D eigenvalue weighted by atomic mass is 10.1. The van der Waals surface area contributed by atoms with Gasteiger partial charge in [0.25, 0.3) is 0 Å². The van der Waals surface area contributed by atoms with E-state index in [0.29, 0.717) is 12.5 Å². The van der Waals surface area contributed by atoms with Crippen LogP contribution >= 0.6 is 0 Å². The molecule has 0 saturated heterocycles. The van der Waals surface area contributed by atoms with Crippen molar-refractivity contribution >= 4 is 5.78 Å². The Labute approximate surface area is 81.4 Å². The van der Waals surface area contributed by atoms with Crippen molar-refractivity contribution in [1.29, 1.82) is 0 Å². The highest BCUT2D eigenvalue weighted by atomic mass is 16.1. The third-order valence-corrected chi connectivity index (χ3v) is 1.81. The maximum atomic E-state index is 11.5. The van der Waals surface area contributed by atoms with Gasteiger partial charge in [-0.3, -0.25) is 4.79 Å². The van der Waals surface area contributed by atoms with Crippen LogP contribution in [0.25, 0.3) is 0 Å². The van der Waals surface area contributed by atoms with Gasteiger partial charge in [-0.2, -0.15) is 0 Å². The minimum Gasteiger partial charge on any atom is -0.388 e. The van der Waals surface area contributed by atoms with Crippen molar-refractivity contribution in [2.24, 2.45) is 0 Å². The molecule has 0 aromatic rings.